The molecular weight excluding hydrogens is 464 g/mol. The molecule has 0 spiro atoms. The number of phenolic OH excluding ortho intramolecular Hbond substituents is 1. The lowest BCUT2D eigenvalue weighted by Gasteiger charge is -2.33. The Kier molecular flexibility index (Phi) is 7.99. The molecule has 0 unspecified atom stereocenters. The summed E-state index contributed by atoms with van der Waals surface area (Å²) in [6.45, 7) is 5.02. The highest BCUT2D eigenvalue weighted by molar-refractivity contribution is 7.07. The average molecular weight is 499 g/mol. The molecule has 4 nitrogen and oxygen atoms in total. The van der Waals surface area contributed by atoms with Crippen molar-refractivity contribution in [1.82, 2.24) is 9.80 Å². The summed E-state index contributed by atoms with van der Waals surface area (Å²) < 4.78 is 0. The Labute approximate surface area is 217 Å². The molecular formula is C31H34N2O2S. The number of hydrogen-bond donors (Lipinski definition) is 1. The van der Waals surface area contributed by atoms with Crippen LogP contribution < -0.4 is 0 Å². The van der Waals surface area contributed by atoms with E-state index >= 15 is 0 Å². The first kappa shape index (κ1) is 24.5. The molecule has 2 fully saturated rings. The monoisotopic (exact) mass is 498 g/mol. The molecule has 2 aliphatic heterocycles. The first-order valence-corrected chi connectivity index (χ1v) is 13.9. The van der Waals surface area contributed by atoms with Crippen LogP contribution >= 0.6 is 11.3 Å². The molecule has 1 aromatic heterocycles. The lowest BCUT2D eigenvalue weighted by molar-refractivity contribution is 0.0784. The van der Waals surface area contributed by atoms with Crippen LogP contribution in [0.4, 0.5) is 0 Å². The summed E-state index contributed by atoms with van der Waals surface area (Å²) in [5.41, 5.74) is 2.17. The van der Waals surface area contributed by atoms with Crippen molar-refractivity contribution < 1.29 is 9.90 Å². The lowest BCUT2D eigenvalue weighted by Crippen LogP contribution is -2.37. The van der Waals surface area contributed by atoms with Gasteiger partial charge in [0.15, 0.2) is 0 Å². The maximum Gasteiger partial charge on any atom is 0.254 e. The van der Waals surface area contributed by atoms with Crippen molar-refractivity contribution in [2.24, 2.45) is 5.92 Å². The molecule has 186 valence electrons. The third-order valence-corrected chi connectivity index (χ3v) is 8.12. The zero-order chi connectivity index (χ0) is 24.7. The summed E-state index contributed by atoms with van der Waals surface area (Å²) in [6.07, 6.45) is 3.42. The Morgan fingerprint density at radius 3 is 2.28 bits per heavy atom. The Bertz CT molecular complexity index is 1220. The third kappa shape index (κ3) is 5.97. The number of likely N-dealkylation sites (tertiary alicyclic amines) is 2. The van der Waals surface area contributed by atoms with Gasteiger partial charge in [0, 0.05) is 25.2 Å². The molecule has 0 radical (unpaired) electrons. The Balaban J connectivity index is 0.000000477. The molecule has 1 N–H and O–H groups in total. The Morgan fingerprint density at radius 2 is 1.56 bits per heavy atom. The highest BCUT2D eigenvalue weighted by Crippen LogP contribution is 2.30. The number of rotatable bonds is 4. The van der Waals surface area contributed by atoms with Crippen molar-refractivity contribution >= 4 is 28.0 Å². The van der Waals surface area contributed by atoms with Gasteiger partial charge < -0.3 is 14.9 Å². The van der Waals surface area contributed by atoms with Crippen LogP contribution in [-0.4, -0.2) is 53.5 Å². The average Bonchev–Trinajstić information content (AvgIpc) is 3.65. The van der Waals surface area contributed by atoms with Crippen LogP contribution in [0.1, 0.15) is 41.1 Å². The summed E-state index contributed by atoms with van der Waals surface area (Å²) in [5.74, 6) is 1.66. The minimum atomic E-state index is 0.172. The van der Waals surface area contributed by atoms with E-state index in [-0.39, 0.29) is 5.91 Å². The van der Waals surface area contributed by atoms with Gasteiger partial charge in [-0.15, -0.1) is 0 Å². The van der Waals surface area contributed by atoms with E-state index in [1.165, 1.54) is 5.56 Å². The minimum absolute atomic E-state index is 0.172. The highest BCUT2D eigenvalue weighted by Gasteiger charge is 2.30. The number of nitrogens with zero attached hydrogens (tertiary/aromatic N) is 2. The number of carbonyl (C=O) groups excluding carboxylic acids is 1. The normalized spacial score (nSPS) is 18.7. The first-order chi connectivity index (χ1) is 17.7. The summed E-state index contributed by atoms with van der Waals surface area (Å²) in [4.78, 5) is 17.8. The molecule has 0 aliphatic carbocycles. The number of piperidine rings is 1. The van der Waals surface area contributed by atoms with Gasteiger partial charge in [-0.2, -0.15) is 11.3 Å². The molecule has 0 saturated carbocycles. The van der Waals surface area contributed by atoms with Crippen LogP contribution in [0.3, 0.4) is 0 Å². The molecule has 0 bridgehead atoms. The van der Waals surface area contributed by atoms with Crippen LogP contribution in [0.2, 0.25) is 0 Å². The van der Waals surface area contributed by atoms with Gasteiger partial charge in [0.25, 0.3) is 5.91 Å². The van der Waals surface area contributed by atoms with Crippen LogP contribution in [0.5, 0.6) is 5.75 Å². The van der Waals surface area contributed by atoms with Crippen LogP contribution in [0.15, 0.2) is 89.6 Å². The standard InChI is InChI=1S/C27H30N2O2.C4H4S/c30-24-10-8-21(9-11-24)22-13-15-28(16-14-22)18-20-12-17-29(19-20)27(31)26-7-3-5-23-4-1-2-6-25(23)26;1-2-4-5-3-1/h1-11,20,22,30H,12-19H2;1-4H/t20-;/m1./s1. The maximum atomic E-state index is 13.2. The van der Waals surface area contributed by atoms with E-state index in [2.05, 4.69) is 34.1 Å². The second-order valence-corrected chi connectivity index (χ2v) is 10.7. The SMILES string of the molecule is O=C(c1cccc2ccccc12)N1CC[C@H](CN2CCC(c3ccc(O)cc3)CC2)C1.c1ccsc1. The number of phenols is 1. The number of hydrogen-bond acceptors (Lipinski definition) is 4. The molecule has 4 aromatic rings. The van der Waals surface area contributed by atoms with Gasteiger partial charge in [-0.05, 0) is 89.5 Å². The Morgan fingerprint density at radius 1 is 0.833 bits per heavy atom. The van der Waals surface area contributed by atoms with Crippen LogP contribution in [0, 0.1) is 5.92 Å². The van der Waals surface area contributed by atoms with E-state index in [9.17, 15) is 9.90 Å². The summed E-state index contributed by atoms with van der Waals surface area (Å²) in [5, 5.41) is 15.8. The third-order valence-electron chi connectivity index (χ3n) is 7.49. The first-order valence-electron chi connectivity index (χ1n) is 12.9. The molecule has 36 heavy (non-hydrogen) atoms. The van der Waals surface area contributed by atoms with Crippen molar-refractivity contribution in [1.29, 1.82) is 0 Å². The minimum Gasteiger partial charge on any atom is -0.508 e. The van der Waals surface area contributed by atoms with E-state index in [0.29, 0.717) is 17.6 Å². The fraction of sp³-hybridized carbons (Fsp3) is 0.323. The molecule has 6 rings (SSSR count). The van der Waals surface area contributed by atoms with Crippen molar-refractivity contribution in [2.75, 3.05) is 32.7 Å². The van der Waals surface area contributed by atoms with Crippen molar-refractivity contribution in [3.63, 3.8) is 0 Å². The zero-order valence-corrected chi connectivity index (χ0v) is 21.4. The second kappa shape index (κ2) is 11.7. The summed E-state index contributed by atoms with van der Waals surface area (Å²) in [6, 6.07) is 25.9. The van der Waals surface area contributed by atoms with Crippen LogP contribution in [0.25, 0.3) is 10.8 Å². The van der Waals surface area contributed by atoms with E-state index in [1.54, 1.807) is 23.5 Å². The van der Waals surface area contributed by atoms with Gasteiger partial charge in [0.05, 0.1) is 0 Å². The van der Waals surface area contributed by atoms with Gasteiger partial charge >= 0.3 is 0 Å². The quantitative estimate of drug-likeness (QED) is 0.343. The number of benzene rings is 3. The number of carbonyl (C=O) groups is 1. The summed E-state index contributed by atoms with van der Waals surface area (Å²) in [7, 11) is 0. The molecule has 1 atom stereocenters. The van der Waals surface area contributed by atoms with E-state index in [1.807, 2.05) is 53.2 Å². The highest BCUT2D eigenvalue weighted by atomic mass is 32.1. The van der Waals surface area contributed by atoms with Gasteiger partial charge in [-0.3, -0.25) is 4.79 Å². The van der Waals surface area contributed by atoms with Crippen molar-refractivity contribution in [2.45, 2.75) is 25.2 Å². The fourth-order valence-corrected chi connectivity index (χ4v) is 5.99. The van der Waals surface area contributed by atoms with Crippen LogP contribution in [-0.2, 0) is 0 Å². The number of thiophene rings is 1. The predicted molar refractivity (Wildman–Crippen MR) is 149 cm³/mol. The Hall–Kier alpha value is -3.15. The van der Waals surface area contributed by atoms with Gasteiger partial charge in [0.1, 0.15) is 5.75 Å². The second-order valence-electron chi connectivity index (χ2n) is 9.89. The van der Waals surface area contributed by atoms with Gasteiger partial charge in [-0.1, -0.05) is 60.7 Å². The lowest BCUT2D eigenvalue weighted by atomic mass is 9.89. The number of aromatic hydroxyl groups is 1. The number of fused-ring (bicyclic) bond motifs is 1. The van der Waals surface area contributed by atoms with Crippen molar-refractivity contribution in [3.05, 3.63) is 101 Å². The topological polar surface area (TPSA) is 43.8 Å². The predicted octanol–water partition coefficient (Wildman–Crippen LogP) is 6.64. The van der Waals surface area contributed by atoms with E-state index in [0.717, 1.165) is 68.3 Å². The molecule has 3 heterocycles. The summed E-state index contributed by atoms with van der Waals surface area (Å²) >= 11 is 1.71. The maximum absolute atomic E-state index is 13.2. The molecule has 2 aliphatic rings. The smallest absolute Gasteiger partial charge is 0.254 e. The van der Waals surface area contributed by atoms with Gasteiger partial charge in [0.2, 0.25) is 0 Å². The van der Waals surface area contributed by atoms with E-state index < -0.39 is 0 Å². The van der Waals surface area contributed by atoms with Gasteiger partial charge in [-0.25, -0.2) is 0 Å². The van der Waals surface area contributed by atoms with Crippen molar-refractivity contribution in [3.8, 4) is 5.75 Å². The largest absolute Gasteiger partial charge is 0.508 e. The van der Waals surface area contributed by atoms with E-state index in [4.69, 9.17) is 0 Å². The molecule has 3 aromatic carbocycles. The molecule has 2 saturated heterocycles. The fourth-order valence-electron chi connectivity index (χ4n) is 5.54. The molecule has 1 amide bonds. The number of amides is 1. The zero-order valence-electron chi connectivity index (χ0n) is 20.6. The molecule has 5 heteroatoms.